The molecule has 1 amide bonds. The Kier molecular flexibility index (Phi) is 6.49. The van der Waals surface area contributed by atoms with Gasteiger partial charge in [-0.3, -0.25) is 4.79 Å². The lowest BCUT2D eigenvalue weighted by molar-refractivity contribution is -0.140. The van der Waals surface area contributed by atoms with E-state index in [1.54, 1.807) is 59.0 Å². The van der Waals surface area contributed by atoms with Crippen molar-refractivity contribution < 1.29 is 27.1 Å². The summed E-state index contributed by atoms with van der Waals surface area (Å²) < 4.78 is 61.8. The predicted octanol–water partition coefficient (Wildman–Crippen LogP) is 5.22. The fourth-order valence-corrected chi connectivity index (χ4v) is 3.86. The van der Waals surface area contributed by atoms with Crippen LogP contribution in [0.2, 0.25) is 0 Å². The molecule has 9 nitrogen and oxygen atoms in total. The van der Waals surface area contributed by atoms with Gasteiger partial charge in [0, 0.05) is 28.9 Å². The van der Waals surface area contributed by atoms with Gasteiger partial charge in [-0.2, -0.15) is 18.3 Å². The minimum Gasteiger partial charge on any atom is -0.439 e. The van der Waals surface area contributed by atoms with E-state index in [9.17, 15) is 22.4 Å². The summed E-state index contributed by atoms with van der Waals surface area (Å²) in [5, 5.41) is 7.23. The Morgan fingerprint density at radius 3 is 2.68 bits per heavy atom. The van der Waals surface area contributed by atoms with Gasteiger partial charge in [0.25, 0.3) is 0 Å². The molecule has 5 rings (SSSR count). The zero-order valence-electron chi connectivity index (χ0n) is 19.7. The molecule has 1 atom stereocenters. The Labute approximate surface area is 212 Å². The van der Waals surface area contributed by atoms with Crippen molar-refractivity contribution in [1.82, 2.24) is 29.3 Å². The Bertz CT molecular complexity index is 1600. The fraction of sp³-hybridized carbons (Fsp3) is 0.160. The fourth-order valence-electron chi connectivity index (χ4n) is 3.86. The van der Waals surface area contributed by atoms with Crippen LogP contribution < -0.4 is 10.1 Å². The van der Waals surface area contributed by atoms with Crippen LogP contribution in [0.1, 0.15) is 24.2 Å². The Morgan fingerprint density at radius 1 is 1.08 bits per heavy atom. The van der Waals surface area contributed by atoms with Crippen LogP contribution in [0.15, 0.2) is 73.7 Å². The maximum atomic E-state index is 13.6. The molecule has 194 valence electrons. The first kappa shape index (κ1) is 24.9. The number of carbonyl (C=O) groups is 1. The highest BCUT2D eigenvalue weighted by Gasteiger charge is 2.34. The lowest BCUT2D eigenvalue weighted by atomic mass is 10.1. The Hall–Kier alpha value is -4.81. The normalized spacial score (nSPS) is 12.4. The average Bonchev–Trinajstić information content (AvgIpc) is 3.54. The number of benzene rings is 2. The number of anilines is 1. The second-order valence-corrected chi connectivity index (χ2v) is 8.34. The van der Waals surface area contributed by atoms with E-state index in [1.807, 2.05) is 0 Å². The van der Waals surface area contributed by atoms with Gasteiger partial charge in [-0.25, -0.2) is 24.0 Å². The van der Waals surface area contributed by atoms with E-state index < -0.39 is 29.5 Å². The summed E-state index contributed by atoms with van der Waals surface area (Å²) in [5.74, 6) is -1.14. The first-order chi connectivity index (χ1) is 18.2. The van der Waals surface area contributed by atoms with Crippen LogP contribution in [0.25, 0.3) is 10.9 Å². The van der Waals surface area contributed by atoms with Crippen molar-refractivity contribution in [1.29, 1.82) is 0 Å². The van der Waals surface area contributed by atoms with Crippen molar-refractivity contribution in [3.05, 3.63) is 90.8 Å². The minimum absolute atomic E-state index is 0.157. The zero-order chi connectivity index (χ0) is 26.9. The van der Waals surface area contributed by atoms with Crippen LogP contribution in [0.3, 0.4) is 0 Å². The molecule has 3 heterocycles. The molecule has 0 saturated heterocycles. The van der Waals surface area contributed by atoms with Crippen molar-refractivity contribution in [3.63, 3.8) is 0 Å². The second kappa shape index (κ2) is 9.92. The van der Waals surface area contributed by atoms with E-state index in [1.165, 1.54) is 12.7 Å². The van der Waals surface area contributed by atoms with E-state index in [0.29, 0.717) is 41.5 Å². The van der Waals surface area contributed by atoms with E-state index in [2.05, 4.69) is 25.4 Å². The number of rotatable bonds is 7. The monoisotopic (exact) mass is 525 g/mol. The molecule has 2 aromatic carbocycles. The minimum atomic E-state index is -4.88. The number of hydrogen-bond donors (Lipinski definition) is 1. The highest BCUT2D eigenvalue weighted by atomic mass is 19.4. The topological polar surface area (TPSA) is 99.8 Å². The first-order valence-corrected chi connectivity index (χ1v) is 11.3. The number of nitrogens with one attached hydrogen (secondary N) is 1. The SMILES string of the molecule is C[C@@H](C(=O)Nc1ccc(F)c(C(F)(F)F)c1)n1ccc2cc(Oc3cc(Cn4cncn4)ncn3)ccc21. The zero-order valence-corrected chi connectivity index (χ0v) is 19.7. The summed E-state index contributed by atoms with van der Waals surface area (Å²) in [6, 6.07) is 10.2. The van der Waals surface area contributed by atoms with Gasteiger partial charge in [0.05, 0.1) is 17.8 Å². The maximum absolute atomic E-state index is 13.6. The van der Waals surface area contributed by atoms with Crippen molar-refractivity contribution in [3.8, 4) is 11.6 Å². The lowest BCUT2D eigenvalue weighted by Gasteiger charge is -2.17. The number of alkyl halides is 3. The highest BCUT2D eigenvalue weighted by Crippen LogP contribution is 2.33. The molecule has 0 saturated carbocycles. The van der Waals surface area contributed by atoms with Gasteiger partial charge >= 0.3 is 6.18 Å². The second-order valence-electron chi connectivity index (χ2n) is 8.34. The molecule has 0 bridgehead atoms. The first-order valence-electron chi connectivity index (χ1n) is 11.3. The molecule has 3 aromatic heterocycles. The van der Waals surface area contributed by atoms with E-state index >= 15 is 0 Å². The molecule has 0 radical (unpaired) electrons. The molecular formula is C25H19F4N7O2. The quantitative estimate of drug-likeness (QED) is 0.293. The van der Waals surface area contributed by atoms with Crippen LogP contribution >= 0.6 is 0 Å². The summed E-state index contributed by atoms with van der Waals surface area (Å²) in [4.78, 5) is 25.0. The molecule has 38 heavy (non-hydrogen) atoms. The Morgan fingerprint density at radius 2 is 1.92 bits per heavy atom. The van der Waals surface area contributed by atoms with Gasteiger partial charge < -0.3 is 14.6 Å². The molecule has 0 aliphatic heterocycles. The molecular weight excluding hydrogens is 506 g/mol. The lowest BCUT2D eigenvalue weighted by Crippen LogP contribution is -2.23. The number of hydrogen-bond acceptors (Lipinski definition) is 6. The summed E-state index contributed by atoms with van der Waals surface area (Å²) >= 11 is 0. The summed E-state index contributed by atoms with van der Waals surface area (Å²) in [6.45, 7) is 2.00. The van der Waals surface area contributed by atoms with Crippen molar-refractivity contribution in [2.24, 2.45) is 0 Å². The van der Waals surface area contributed by atoms with Gasteiger partial charge in [-0.15, -0.1) is 0 Å². The van der Waals surface area contributed by atoms with Crippen LogP contribution in [0.4, 0.5) is 23.2 Å². The average molecular weight is 525 g/mol. The van der Waals surface area contributed by atoms with E-state index in [4.69, 9.17) is 4.74 Å². The summed E-state index contributed by atoms with van der Waals surface area (Å²) in [6.07, 6.45) is 1.19. The van der Waals surface area contributed by atoms with Crippen LogP contribution in [0.5, 0.6) is 11.6 Å². The number of halogens is 4. The largest absolute Gasteiger partial charge is 0.439 e. The molecule has 0 unspecified atom stereocenters. The summed E-state index contributed by atoms with van der Waals surface area (Å²) in [7, 11) is 0. The maximum Gasteiger partial charge on any atom is 0.419 e. The number of carbonyl (C=O) groups excluding carboxylic acids is 1. The third kappa shape index (κ3) is 5.31. The van der Waals surface area contributed by atoms with Crippen molar-refractivity contribution in [2.45, 2.75) is 25.7 Å². The number of amides is 1. The third-order valence-electron chi connectivity index (χ3n) is 5.74. The molecule has 0 aliphatic rings. The number of nitrogens with zero attached hydrogens (tertiary/aromatic N) is 6. The van der Waals surface area contributed by atoms with E-state index in [-0.39, 0.29) is 5.69 Å². The van der Waals surface area contributed by atoms with Crippen molar-refractivity contribution in [2.75, 3.05) is 5.32 Å². The number of aromatic nitrogens is 6. The third-order valence-corrected chi connectivity index (χ3v) is 5.74. The van der Waals surface area contributed by atoms with Crippen LogP contribution in [-0.2, 0) is 17.5 Å². The molecule has 1 N–H and O–H groups in total. The van der Waals surface area contributed by atoms with E-state index in [0.717, 1.165) is 11.5 Å². The van der Waals surface area contributed by atoms with Gasteiger partial charge in [0.1, 0.15) is 36.6 Å². The van der Waals surface area contributed by atoms with Gasteiger partial charge in [0.15, 0.2) is 0 Å². The van der Waals surface area contributed by atoms with Gasteiger partial charge in [-0.05, 0) is 49.4 Å². The molecule has 13 heteroatoms. The summed E-state index contributed by atoms with van der Waals surface area (Å²) in [5.41, 5.74) is -0.229. The van der Waals surface area contributed by atoms with Crippen LogP contribution in [0, 0.1) is 5.82 Å². The van der Waals surface area contributed by atoms with Crippen molar-refractivity contribution >= 4 is 22.5 Å². The smallest absolute Gasteiger partial charge is 0.419 e. The molecule has 0 fully saturated rings. The van der Waals surface area contributed by atoms with Gasteiger partial charge in [-0.1, -0.05) is 0 Å². The predicted molar refractivity (Wildman–Crippen MR) is 128 cm³/mol. The number of fused-ring (bicyclic) bond motifs is 1. The number of ether oxygens (including phenoxy) is 1. The van der Waals surface area contributed by atoms with Crippen LogP contribution in [-0.4, -0.2) is 35.2 Å². The molecule has 0 spiro atoms. The standard InChI is InChI=1S/C25H19F4N7O2/c1-15(24(37)34-17-2-4-21(26)20(9-17)25(27,28)29)36-7-6-16-8-19(3-5-22(16)36)38-23-10-18(31-13-32-23)11-35-14-30-12-33-35/h2-10,12-15H,11H2,1H3,(H,34,37)/t15-/m0/s1. The van der Waals surface area contributed by atoms with Gasteiger partial charge in [0.2, 0.25) is 11.8 Å². The highest BCUT2D eigenvalue weighted by molar-refractivity contribution is 5.95. The Balaban J connectivity index is 1.30. The molecule has 5 aromatic rings. The molecule has 0 aliphatic carbocycles.